The molecule has 0 bridgehead atoms. The molecule has 2 aromatic heterocycles. The third-order valence-corrected chi connectivity index (χ3v) is 3.53. The van der Waals surface area contributed by atoms with E-state index in [4.69, 9.17) is 5.26 Å². The van der Waals surface area contributed by atoms with Gasteiger partial charge in [0.25, 0.3) is 5.56 Å². The van der Waals surface area contributed by atoms with Crippen molar-refractivity contribution in [2.45, 2.75) is 25.8 Å². The summed E-state index contributed by atoms with van der Waals surface area (Å²) in [5, 5.41) is 8.86. The Balaban J connectivity index is 2.02. The van der Waals surface area contributed by atoms with Crippen LogP contribution in [0.5, 0.6) is 0 Å². The minimum atomic E-state index is 0.0240. The number of rotatable bonds is 2. The summed E-state index contributed by atoms with van der Waals surface area (Å²) >= 11 is 0. The van der Waals surface area contributed by atoms with E-state index in [-0.39, 0.29) is 5.56 Å². The summed E-state index contributed by atoms with van der Waals surface area (Å²) < 4.78 is 1.82. The van der Waals surface area contributed by atoms with Gasteiger partial charge in [-0.05, 0) is 42.5 Å². The number of hydrogen-bond donors (Lipinski definition) is 0. The van der Waals surface area contributed by atoms with Crippen LogP contribution in [0.15, 0.2) is 35.3 Å². The average molecular weight is 251 g/mol. The quantitative estimate of drug-likeness (QED) is 0.815. The molecule has 4 nitrogen and oxygen atoms in total. The Labute approximate surface area is 111 Å². The van der Waals surface area contributed by atoms with Gasteiger partial charge in [0, 0.05) is 18.0 Å². The van der Waals surface area contributed by atoms with Crippen molar-refractivity contribution >= 4 is 0 Å². The van der Waals surface area contributed by atoms with Crippen molar-refractivity contribution in [1.29, 1.82) is 5.26 Å². The molecule has 0 amide bonds. The number of nitrogens with zero attached hydrogens (tertiary/aromatic N) is 3. The van der Waals surface area contributed by atoms with Crippen molar-refractivity contribution in [2.75, 3.05) is 0 Å². The van der Waals surface area contributed by atoms with E-state index in [0.29, 0.717) is 12.2 Å². The maximum atomic E-state index is 12.0. The monoisotopic (exact) mass is 251 g/mol. The van der Waals surface area contributed by atoms with Crippen LogP contribution in [-0.2, 0) is 19.4 Å². The lowest BCUT2D eigenvalue weighted by Crippen LogP contribution is -2.23. The van der Waals surface area contributed by atoms with Gasteiger partial charge in [-0.3, -0.25) is 4.79 Å². The topological polar surface area (TPSA) is 58.7 Å². The highest BCUT2D eigenvalue weighted by Gasteiger charge is 2.15. The van der Waals surface area contributed by atoms with E-state index < -0.39 is 0 Å². The van der Waals surface area contributed by atoms with Crippen molar-refractivity contribution in [3.8, 4) is 6.07 Å². The van der Waals surface area contributed by atoms with Gasteiger partial charge in [0.2, 0.25) is 0 Å². The lowest BCUT2D eigenvalue weighted by molar-refractivity contribution is 0.706. The largest absolute Gasteiger partial charge is 0.308 e. The molecule has 0 N–H and O–H groups in total. The fourth-order valence-electron chi connectivity index (χ4n) is 2.62. The zero-order chi connectivity index (χ0) is 13.2. The van der Waals surface area contributed by atoms with E-state index in [0.717, 1.165) is 30.5 Å². The number of pyridine rings is 2. The zero-order valence-corrected chi connectivity index (χ0v) is 10.5. The van der Waals surface area contributed by atoms with Gasteiger partial charge in [0.05, 0.1) is 6.54 Å². The first-order chi connectivity index (χ1) is 9.28. The average Bonchev–Trinajstić information content (AvgIpc) is 2.91. The maximum Gasteiger partial charge on any atom is 0.251 e. The van der Waals surface area contributed by atoms with Crippen LogP contribution in [0.25, 0.3) is 0 Å². The predicted octanol–water partition coefficient (Wildman–Crippen LogP) is 1.65. The molecule has 94 valence electrons. The fraction of sp³-hybridized carbons (Fsp3) is 0.267. The molecule has 19 heavy (non-hydrogen) atoms. The van der Waals surface area contributed by atoms with Gasteiger partial charge in [0.1, 0.15) is 11.8 Å². The molecule has 1 aliphatic rings. The molecule has 2 aromatic rings. The summed E-state index contributed by atoms with van der Waals surface area (Å²) in [6.07, 6.45) is 4.73. The normalized spacial score (nSPS) is 13.0. The Morgan fingerprint density at radius 2 is 2.21 bits per heavy atom. The molecule has 0 aliphatic heterocycles. The summed E-state index contributed by atoms with van der Waals surface area (Å²) in [6.45, 7) is 0.513. The van der Waals surface area contributed by atoms with Gasteiger partial charge in [-0.1, -0.05) is 6.07 Å². The Bertz CT molecular complexity index is 725. The Kier molecular flexibility index (Phi) is 2.88. The Morgan fingerprint density at radius 1 is 1.32 bits per heavy atom. The first kappa shape index (κ1) is 11.7. The van der Waals surface area contributed by atoms with Crippen LogP contribution in [0, 0.1) is 11.3 Å². The van der Waals surface area contributed by atoms with Crippen LogP contribution in [-0.4, -0.2) is 9.55 Å². The van der Waals surface area contributed by atoms with Crippen LogP contribution < -0.4 is 5.56 Å². The second kappa shape index (κ2) is 4.69. The number of aromatic nitrogens is 2. The van der Waals surface area contributed by atoms with E-state index in [1.54, 1.807) is 18.3 Å². The maximum absolute atomic E-state index is 12.0. The number of hydrogen-bond acceptors (Lipinski definition) is 3. The molecular formula is C15H13N3O. The lowest BCUT2D eigenvalue weighted by Gasteiger charge is -2.11. The summed E-state index contributed by atoms with van der Waals surface area (Å²) in [4.78, 5) is 16.0. The van der Waals surface area contributed by atoms with Crippen molar-refractivity contribution < 1.29 is 0 Å². The predicted molar refractivity (Wildman–Crippen MR) is 70.8 cm³/mol. The highest BCUT2D eigenvalue weighted by molar-refractivity contribution is 5.29. The first-order valence-electron chi connectivity index (χ1n) is 6.34. The standard InChI is InChI=1S/C15H13N3O/c16-9-13-8-11(6-7-17-13)10-18-14-3-1-2-12(14)4-5-15(18)19/h4-8H,1-3,10H2. The summed E-state index contributed by atoms with van der Waals surface area (Å²) in [6, 6.07) is 9.18. The molecular weight excluding hydrogens is 238 g/mol. The van der Waals surface area contributed by atoms with Gasteiger partial charge in [-0.2, -0.15) is 5.26 Å². The Hall–Kier alpha value is -2.41. The van der Waals surface area contributed by atoms with Crippen LogP contribution >= 0.6 is 0 Å². The molecule has 0 atom stereocenters. The van der Waals surface area contributed by atoms with Crippen LogP contribution in [0.4, 0.5) is 0 Å². The van der Waals surface area contributed by atoms with Gasteiger partial charge in [-0.15, -0.1) is 0 Å². The second-order valence-electron chi connectivity index (χ2n) is 4.74. The van der Waals surface area contributed by atoms with Crippen LogP contribution in [0.3, 0.4) is 0 Å². The molecule has 3 rings (SSSR count). The van der Waals surface area contributed by atoms with Crippen molar-refractivity contribution in [3.05, 3.63) is 63.3 Å². The number of nitriles is 1. The van der Waals surface area contributed by atoms with Gasteiger partial charge >= 0.3 is 0 Å². The molecule has 0 aromatic carbocycles. The molecule has 0 unspecified atom stereocenters. The summed E-state index contributed by atoms with van der Waals surface area (Å²) in [7, 11) is 0. The van der Waals surface area contributed by atoms with E-state index in [9.17, 15) is 4.79 Å². The summed E-state index contributed by atoms with van der Waals surface area (Å²) in [5.41, 5.74) is 3.76. The summed E-state index contributed by atoms with van der Waals surface area (Å²) in [5.74, 6) is 0. The van der Waals surface area contributed by atoms with Gasteiger partial charge < -0.3 is 4.57 Å². The van der Waals surface area contributed by atoms with E-state index >= 15 is 0 Å². The highest BCUT2D eigenvalue weighted by Crippen LogP contribution is 2.20. The third kappa shape index (κ3) is 2.15. The molecule has 0 spiro atoms. The minimum absolute atomic E-state index is 0.0240. The van der Waals surface area contributed by atoms with E-state index in [1.807, 2.05) is 22.8 Å². The van der Waals surface area contributed by atoms with Crippen LogP contribution in [0.1, 0.15) is 28.9 Å². The smallest absolute Gasteiger partial charge is 0.251 e. The Morgan fingerprint density at radius 3 is 3.05 bits per heavy atom. The molecule has 0 saturated carbocycles. The van der Waals surface area contributed by atoms with E-state index in [2.05, 4.69) is 4.98 Å². The highest BCUT2D eigenvalue weighted by atomic mass is 16.1. The second-order valence-corrected chi connectivity index (χ2v) is 4.74. The molecule has 0 saturated heterocycles. The van der Waals surface area contributed by atoms with Crippen LogP contribution in [0.2, 0.25) is 0 Å². The molecule has 2 heterocycles. The molecule has 4 heteroatoms. The van der Waals surface area contributed by atoms with Gasteiger partial charge in [-0.25, -0.2) is 4.98 Å². The lowest BCUT2D eigenvalue weighted by atomic mass is 10.2. The number of fused-ring (bicyclic) bond motifs is 1. The van der Waals surface area contributed by atoms with Crippen molar-refractivity contribution in [3.63, 3.8) is 0 Å². The third-order valence-electron chi connectivity index (χ3n) is 3.53. The van der Waals surface area contributed by atoms with Crippen molar-refractivity contribution in [2.24, 2.45) is 0 Å². The zero-order valence-electron chi connectivity index (χ0n) is 10.5. The molecule has 1 aliphatic carbocycles. The van der Waals surface area contributed by atoms with E-state index in [1.165, 1.54) is 5.56 Å². The van der Waals surface area contributed by atoms with Crippen molar-refractivity contribution in [1.82, 2.24) is 9.55 Å². The fourth-order valence-corrected chi connectivity index (χ4v) is 2.62. The minimum Gasteiger partial charge on any atom is -0.308 e. The molecule has 0 fully saturated rings. The first-order valence-corrected chi connectivity index (χ1v) is 6.34. The van der Waals surface area contributed by atoms with Gasteiger partial charge in [0.15, 0.2) is 0 Å². The molecule has 0 radical (unpaired) electrons. The number of aryl methyl sites for hydroxylation is 1. The SMILES string of the molecule is N#Cc1cc(Cn2c3c(ccc2=O)CCC3)ccn1.